The van der Waals surface area contributed by atoms with E-state index in [0.717, 1.165) is 6.07 Å². The highest BCUT2D eigenvalue weighted by atomic mass is 19.2. The van der Waals surface area contributed by atoms with Gasteiger partial charge in [0.05, 0.1) is 5.52 Å². The number of hydrogen-bond donors (Lipinski definition) is 1. The molecule has 1 aromatic carbocycles. The smallest absolute Gasteiger partial charge is 0.196 e. The van der Waals surface area contributed by atoms with Crippen LogP contribution in [-0.2, 0) is 13.6 Å². The van der Waals surface area contributed by atoms with Crippen molar-refractivity contribution in [3.8, 4) is 0 Å². The first kappa shape index (κ1) is 11.0. The fourth-order valence-electron chi connectivity index (χ4n) is 1.97. The lowest BCUT2D eigenvalue weighted by molar-refractivity contribution is 0.451. The van der Waals surface area contributed by atoms with Crippen LogP contribution >= 0.6 is 0 Å². The van der Waals surface area contributed by atoms with Crippen LogP contribution < -0.4 is 5.73 Å². The molecule has 0 aliphatic heterocycles. The number of aromatic nitrogens is 1. The maximum atomic E-state index is 13.6. The van der Waals surface area contributed by atoms with Gasteiger partial charge in [-0.1, -0.05) is 0 Å². The van der Waals surface area contributed by atoms with E-state index in [1.165, 1.54) is 4.57 Å². The fourth-order valence-corrected chi connectivity index (χ4v) is 1.97. The van der Waals surface area contributed by atoms with Crippen LogP contribution in [0.25, 0.3) is 10.9 Å². The average Bonchev–Trinajstić information content (AvgIpc) is 2.48. The molecule has 0 unspecified atom stereocenters. The summed E-state index contributed by atoms with van der Waals surface area (Å²) >= 11 is 0. The van der Waals surface area contributed by atoms with E-state index in [2.05, 4.69) is 0 Å². The quantitative estimate of drug-likeness (QED) is 0.746. The molecule has 0 spiro atoms. The highest BCUT2D eigenvalue weighted by Crippen LogP contribution is 2.29. The Bertz CT molecular complexity index is 573. The van der Waals surface area contributed by atoms with Crippen LogP contribution in [0.15, 0.2) is 6.07 Å². The second-order valence-corrected chi connectivity index (χ2v) is 3.71. The Labute approximate surface area is 90.5 Å². The highest BCUT2D eigenvalue weighted by Gasteiger charge is 2.20. The zero-order valence-corrected chi connectivity index (χ0v) is 8.94. The van der Waals surface area contributed by atoms with Crippen molar-refractivity contribution in [1.82, 2.24) is 4.57 Å². The topological polar surface area (TPSA) is 30.9 Å². The lowest BCUT2D eigenvalue weighted by Crippen LogP contribution is -1.99. The molecule has 1 aromatic heterocycles. The van der Waals surface area contributed by atoms with Crippen LogP contribution in [0, 0.1) is 24.4 Å². The van der Waals surface area contributed by atoms with Gasteiger partial charge in [0.15, 0.2) is 17.5 Å². The summed E-state index contributed by atoms with van der Waals surface area (Å²) in [5, 5.41) is 0.332. The molecule has 2 aromatic rings. The fraction of sp³-hybridized carbons (Fsp3) is 0.273. The molecule has 2 N–H and O–H groups in total. The summed E-state index contributed by atoms with van der Waals surface area (Å²) < 4.78 is 41.2. The van der Waals surface area contributed by atoms with E-state index in [9.17, 15) is 13.2 Å². The summed E-state index contributed by atoms with van der Waals surface area (Å²) in [7, 11) is 1.59. The molecule has 0 atom stereocenters. The third-order valence-electron chi connectivity index (χ3n) is 2.94. The van der Waals surface area contributed by atoms with Crippen LogP contribution in [0.5, 0.6) is 0 Å². The number of hydrogen-bond acceptors (Lipinski definition) is 1. The largest absolute Gasteiger partial charge is 0.345 e. The Morgan fingerprint density at radius 3 is 2.44 bits per heavy atom. The van der Waals surface area contributed by atoms with E-state index in [4.69, 9.17) is 5.73 Å². The molecule has 0 saturated carbocycles. The van der Waals surface area contributed by atoms with E-state index in [-0.39, 0.29) is 12.1 Å². The van der Waals surface area contributed by atoms with Gasteiger partial charge in [0.2, 0.25) is 0 Å². The molecule has 0 radical (unpaired) electrons. The number of halogens is 3. The monoisotopic (exact) mass is 228 g/mol. The van der Waals surface area contributed by atoms with Gasteiger partial charge in [-0.25, -0.2) is 13.2 Å². The first-order valence-electron chi connectivity index (χ1n) is 4.80. The van der Waals surface area contributed by atoms with E-state index < -0.39 is 17.5 Å². The Balaban J connectivity index is 3.01. The minimum absolute atomic E-state index is 0.0526. The number of fused-ring (bicyclic) bond motifs is 1. The maximum Gasteiger partial charge on any atom is 0.196 e. The number of rotatable bonds is 1. The van der Waals surface area contributed by atoms with Gasteiger partial charge in [-0.2, -0.15) is 0 Å². The first-order valence-corrected chi connectivity index (χ1v) is 4.80. The van der Waals surface area contributed by atoms with Gasteiger partial charge < -0.3 is 10.3 Å². The molecular formula is C11H11F3N2. The molecule has 86 valence electrons. The maximum absolute atomic E-state index is 13.6. The molecule has 5 heteroatoms. The lowest BCUT2D eigenvalue weighted by Gasteiger charge is -2.01. The van der Waals surface area contributed by atoms with Gasteiger partial charge in [0.25, 0.3) is 0 Å². The Hall–Kier alpha value is -1.49. The van der Waals surface area contributed by atoms with Crippen LogP contribution in [-0.4, -0.2) is 4.57 Å². The SMILES string of the molecule is Cc1c(CN)c2cc(F)c(F)c(F)c2n1C. The minimum atomic E-state index is -1.45. The van der Waals surface area contributed by atoms with E-state index in [0.29, 0.717) is 16.6 Å². The van der Waals surface area contributed by atoms with Crippen LogP contribution in [0.2, 0.25) is 0 Å². The van der Waals surface area contributed by atoms with E-state index in [1.807, 2.05) is 0 Å². The molecule has 2 rings (SSSR count). The van der Waals surface area contributed by atoms with Crippen molar-refractivity contribution >= 4 is 10.9 Å². The second kappa shape index (κ2) is 3.52. The summed E-state index contributed by atoms with van der Waals surface area (Å²) in [4.78, 5) is 0. The van der Waals surface area contributed by atoms with Crippen LogP contribution in [0.1, 0.15) is 11.3 Å². The van der Waals surface area contributed by atoms with E-state index >= 15 is 0 Å². The Morgan fingerprint density at radius 1 is 1.25 bits per heavy atom. The van der Waals surface area contributed by atoms with Crippen molar-refractivity contribution in [1.29, 1.82) is 0 Å². The number of nitrogens with two attached hydrogens (primary N) is 1. The third-order valence-corrected chi connectivity index (χ3v) is 2.94. The average molecular weight is 228 g/mol. The number of aryl methyl sites for hydroxylation is 1. The van der Waals surface area contributed by atoms with Crippen molar-refractivity contribution in [3.63, 3.8) is 0 Å². The molecule has 0 saturated heterocycles. The summed E-state index contributed by atoms with van der Waals surface area (Å²) in [6.45, 7) is 1.89. The van der Waals surface area contributed by atoms with Gasteiger partial charge >= 0.3 is 0 Å². The van der Waals surface area contributed by atoms with Gasteiger partial charge in [0.1, 0.15) is 0 Å². The lowest BCUT2D eigenvalue weighted by atomic mass is 10.1. The van der Waals surface area contributed by atoms with Crippen molar-refractivity contribution in [2.75, 3.05) is 0 Å². The molecule has 0 aliphatic rings. The summed E-state index contributed by atoms with van der Waals surface area (Å²) in [5.41, 5.74) is 6.91. The highest BCUT2D eigenvalue weighted by molar-refractivity contribution is 5.86. The van der Waals surface area contributed by atoms with Gasteiger partial charge in [-0.05, 0) is 18.6 Å². The molecule has 0 fully saturated rings. The normalized spacial score (nSPS) is 11.4. The summed E-state index contributed by atoms with van der Waals surface area (Å²) in [5.74, 6) is -3.80. The second-order valence-electron chi connectivity index (χ2n) is 3.71. The third kappa shape index (κ3) is 1.24. The van der Waals surface area contributed by atoms with Crippen molar-refractivity contribution in [2.24, 2.45) is 12.8 Å². The van der Waals surface area contributed by atoms with Crippen molar-refractivity contribution in [2.45, 2.75) is 13.5 Å². The molecule has 0 amide bonds. The molecule has 0 aliphatic carbocycles. The Kier molecular flexibility index (Phi) is 2.42. The van der Waals surface area contributed by atoms with Crippen molar-refractivity contribution in [3.05, 3.63) is 34.8 Å². The number of benzene rings is 1. The molecule has 16 heavy (non-hydrogen) atoms. The first-order chi connectivity index (χ1) is 7.49. The zero-order chi connectivity index (χ0) is 12.0. The van der Waals surface area contributed by atoms with Gasteiger partial charge in [0, 0.05) is 24.7 Å². The molecule has 1 heterocycles. The molecule has 2 nitrogen and oxygen atoms in total. The Morgan fingerprint density at radius 2 is 1.88 bits per heavy atom. The van der Waals surface area contributed by atoms with Gasteiger partial charge in [-0.3, -0.25) is 0 Å². The number of nitrogens with zero attached hydrogens (tertiary/aromatic N) is 1. The van der Waals surface area contributed by atoms with Crippen LogP contribution in [0.4, 0.5) is 13.2 Å². The molecular weight excluding hydrogens is 217 g/mol. The van der Waals surface area contributed by atoms with E-state index in [1.54, 1.807) is 14.0 Å². The molecule has 0 bridgehead atoms. The zero-order valence-electron chi connectivity index (χ0n) is 8.94. The summed E-state index contributed by atoms with van der Waals surface area (Å²) in [6.07, 6.45) is 0. The minimum Gasteiger partial charge on any atom is -0.345 e. The van der Waals surface area contributed by atoms with Crippen LogP contribution in [0.3, 0.4) is 0 Å². The predicted octanol–water partition coefficient (Wildman–Crippen LogP) is 2.36. The predicted molar refractivity (Wildman–Crippen MR) is 55.4 cm³/mol. The summed E-state index contributed by atoms with van der Waals surface area (Å²) in [6, 6.07) is 0.989. The van der Waals surface area contributed by atoms with Gasteiger partial charge in [-0.15, -0.1) is 0 Å². The van der Waals surface area contributed by atoms with Crippen molar-refractivity contribution < 1.29 is 13.2 Å². The standard InChI is InChI=1S/C11H11F3N2/c1-5-7(4-15)6-3-8(12)9(13)10(14)11(6)16(5)2/h3H,4,15H2,1-2H3.